The van der Waals surface area contributed by atoms with E-state index in [1.54, 1.807) is 6.20 Å². The Morgan fingerprint density at radius 2 is 2.05 bits per heavy atom. The van der Waals surface area contributed by atoms with Crippen molar-refractivity contribution in [1.29, 1.82) is 0 Å². The Bertz CT molecular complexity index is 896. The zero-order valence-corrected chi connectivity index (χ0v) is 11.8. The van der Waals surface area contributed by atoms with E-state index < -0.39 is 0 Å². The lowest BCUT2D eigenvalue weighted by Gasteiger charge is -2.04. The number of aryl methyl sites for hydroxylation is 1. The summed E-state index contributed by atoms with van der Waals surface area (Å²) in [7, 11) is 3.28. The highest BCUT2D eigenvalue weighted by Crippen LogP contribution is 2.29. The molecule has 0 bridgehead atoms. The first kappa shape index (κ1) is 12.3. The number of aromatic nitrogens is 2. The number of methoxy groups -OCH3 is 1. The van der Waals surface area contributed by atoms with E-state index in [2.05, 4.69) is 17.1 Å². The minimum Gasteiger partial charge on any atom is -0.465 e. The molecular formula is C16H14N2O3. The standard InChI is InChI=1S/C16H14N2O3/c1-18-6-12(16(19)20-2)15-14(18)5-9-3-10-7-21-8-11(10)4-13(9)17-15/h3-6H,7-8H2,1-2H3. The Kier molecular flexibility index (Phi) is 2.53. The molecule has 0 spiro atoms. The number of rotatable bonds is 1. The van der Waals surface area contributed by atoms with Gasteiger partial charge in [-0.3, -0.25) is 0 Å². The number of nitrogens with zero attached hydrogens (tertiary/aromatic N) is 2. The van der Waals surface area contributed by atoms with Crippen LogP contribution >= 0.6 is 0 Å². The molecule has 4 rings (SSSR count). The van der Waals surface area contributed by atoms with Gasteiger partial charge in [0.15, 0.2) is 0 Å². The molecular weight excluding hydrogens is 268 g/mol. The van der Waals surface area contributed by atoms with Crippen molar-refractivity contribution in [3.63, 3.8) is 0 Å². The third-order valence-corrected chi connectivity index (χ3v) is 3.99. The van der Waals surface area contributed by atoms with Crippen molar-refractivity contribution >= 4 is 27.9 Å². The normalized spacial score (nSPS) is 13.8. The molecule has 0 N–H and O–H groups in total. The topological polar surface area (TPSA) is 53.4 Å². The minimum atomic E-state index is -0.364. The highest BCUT2D eigenvalue weighted by atomic mass is 16.5. The van der Waals surface area contributed by atoms with Gasteiger partial charge >= 0.3 is 5.97 Å². The maximum Gasteiger partial charge on any atom is 0.341 e. The SMILES string of the molecule is COC(=O)c1cn(C)c2cc3cc4c(cc3nc12)COC4. The van der Waals surface area contributed by atoms with Crippen molar-refractivity contribution in [2.24, 2.45) is 7.05 Å². The van der Waals surface area contributed by atoms with Gasteiger partial charge in [-0.15, -0.1) is 0 Å². The Balaban J connectivity index is 2.05. The summed E-state index contributed by atoms with van der Waals surface area (Å²) >= 11 is 0. The minimum absolute atomic E-state index is 0.364. The van der Waals surface area contributed by atoms with E-state index in [0.29, 0.717) is 24.3 Å². The number of esters is 1. The van der Waals surface area contributed by atoms with Gasteiger partial charge in [-0.1, -0.05) is 0 Å². The molecule has 3 heterocycles. The van der Waals surface area contributed by atoms with E-state index in [1.807, 2.05) is 17.7 Å². The molecule has 5 nitrogen and oxygen atoms in total. The maximum absolute atomic E-state index is 11.9. The van der Waals surface area contributed by atoms with Crippen molar-refractivity contribution in [3.05, 3.63) is 41.1 Å². The largest absolute Gasteiger partial charge is 0.465 e. The third-order valence-electron chi connectivity index (χ3n) is 3.99. The van der Waals surface area contributed by atoms with Gasteiger partial charge in [0.25, 0.3) is 0 Å². The molecule has 0 saturated heterocycles. The maximum atomic E-state index is 11.9. The second-order valence-corrected chi connectivity index (χ2v) is 5.31. The number of hydrogen-bond acceptors (Lipinski definition) is 4. The summed E-state index contributed by atoms with van der Waals surface area (Å²) < 4.78 is 12.2. The molecule has 0 aliphatic carbocycles. The molecule has 106 valence electrons. The van der Waals surface area contributed by atoms with Crippen molar-refractivity contribution < 1.29 is 14.3 Å². The summed E-state index contributed by atoms with van der Waals surface area (Å²) in [4.78, 5) is 16.5. The van der Waals surface area contributed by atoms with E-state index >= 15 is 0 Å². The quantitative estimate of drug-likeness (QED) is 0.644. The van der Waals surface area contributed by atoms with Gasteiger partial charge in [0, 0.05) is 18.6 Å². The third kappa shape index (κ3) is 1.74. The van der Waals surface area contributed by atoms with Crippen LogP contribution in [0.2, 0.25) is 0 Å². The summed E-state index contributed by atoms with van der Waals surface area (Å²) in [6.07, 6.45) is 1.76. The number of ether oxygens (including phenoxy) is 2. The fraction of sp³-hybridized carbons (Fsp3) is 0.250. The Labute approximate surface area is 121 Å². The van der Waals surface area contributed by atoms with Crippen LogP contribution in [0.15, 0.2) is 24.4 Å². The molecule has 0 amide bonds. The van der Waals surface area contributed by atoms with Crippen LogP contribution in [0.25, 0.3) is 21.9 Å². The lowest BCUT2D eigenvalue weighted by molar-refractivity contribution is 0.0602. The van der Waals surface area contributed by atoms with Crippen molar-refractivity contribution in [1.82, 2.24) is 9.55 Å². The number of fused-ring (bicyclic) bond motifs is 3. The molecule has 0 radical (unpaired) electrons. The van der Waals surface area contributed by atoms with Crippen molar-refractivity contribution in [3.8, 4) is 0 Å². The van der Waals surface area contributed by atoms with Gasteiger partial charge < -0.3 is 14.0 Å². The molecule has 5 heteroatoms. The molecule has 1 aliphatic rings. The van der Waals surface area contributed by atoms with E-state index in [9.17, 15) is 4.79 Å². The average Bonchev–Trinajstić information content (AvgIpc) is 3.06. The summed E-state index contributed by atoms with van der Waals surface area (Å²) in [6, 6.07) is 6.22. The predicted octanol–water partition coefficient (Wildman–Crippen LogP) is 2.54. The molecule has 3 aromatic rings. The van der Waals surface area contributed by atoms with Crippen LogP contribution in [-0.2, 0) is 29.7 Å². The molecule has 2 aromatic heterocycles. The zero-order chi connectivity index (χ0) is 14.6. The molecule has 0 saturated carbocycles. The van der Waals surface area contributed by atoms with Crippen LogP contribution in [0.1, 0.15) is 21.5 Å². The van der Waals surface area contributed by atoms with Crippen LogP contribution in [0, 0.1) is 0 Å². The van der Waals surface area contributed by atoms with E-state index in [1.165, 1.54) is 18.2 Å². The summed E-state index contributed by atoms with van der Waals surface area (Å²) in [5.74, 6) is -0.364. The van der Waals surface area contributed by atoms with Gasteiger partial charge in [-0.05, 0) is 29.3 Å². The Morgan fingerprint density at radius 3 is 2.81 bits per heavy atom. The van der Waals surface area contributed by atoms with Crippen molar-refractivity contribution in [2.45, 2.75) is 13.2 Å². The Hall–Kier alpha value is -2.40. The Morgan fingerprint density at radius 1 is 1.29 bits per heavy atom. The molecule has 21 heavy (non-hydrogen) atoms. The second kappa shape index (κ2) is 4.30. The average molecular weight is 282 g/mol. The molecule has 1 aromatic carbocycles. The van der Waals surface area contributed by atoms with Gasteiger partial charge in [0.1, 0.15) is 11.1 Å². The molecule has 0 fully saturated rings. The number of carbonyl (C=O) groups is 1. The first-order valence-corrected chi connectivity index (χ1v) is 6.75. The number of hydrogen-bond donors (Lipinski definition) is 0. The predicted molar refractivity (Wildman–Crippen MR) is 78.1 cm³/mol. The summed E-state index contributed by atoms with van der Waals surface area (Å²) in [5, 5.41) is 1.06. The number of carbonyl (C=O) groups excluding carboxylic acids is 1. The lowest BCUT2D eigenvalue weighted by Crippen LogP contribution is -2.00. The molecule has 1 aliphatic heterocycles. The molecule has 0 unspecified atom stereocenters. The van der Waals surface area contributed by atoms with Crippen LogP contribution < -0.4 is 0 Å². The molecule has 0 atom stereocenters. The van der Waals surface area contributed by atoms with Gasteiger partial charge in [0.2, 0.25) is 0 Å². The highest BCUT2D eigenvalue weighted by molar-refractivity contribution is 6.05. The van der Waals surface area contributed by atoms with Crippen LogP contribution in [0.3, 0.4) is 0 Å². The monoisotopic (exact) mass is 282 g/mol. The highest BCUT2D eigenvalue weighted by Gasteiger charge is 2.18. The van der Waals surface area contributed by atoms with Crippen LogP contribution in [0.5, 0.6) is 0 Å². The fourth-order valence-electron chi connectivity index (χ4n) is 2.89. The number of benzene rings is 1. The summed E-state index contributed by atoms with van der Waals surface area (Å²) in [5.41, 5.74) is 5.35. The van der Waals surface area contributed by atoms with E-state index in [0.717, 1.165) is 16.4 Å². The smallest absolute Gasteiger partial charge is 0.341 e. The van der Waals surface area contributed by atoms with E-state index in [4.69, 9.17) is 9.47 Å². The van der Waals surface area contributed by atoms with Crippen molar-refractivity contribution in [2.75, 3.05) is 7.11 Å². The first-order chi connectivity index (χ1) is 10.2. The van der Waals surface area contributed by atoms with Gasteiger partial charge in [-0.2, -0.15) is 0 Å². The second-order valence-electron chi connectivity index (χ2n) is 5.31. The van der Waals surface area contributed by atoms with Gasteiger partial charge in [0.05, 0.1) is 31.4 Å². The number of pyridine rings is 1. The first-order valence-electron chi connectivity index (χ1n) is 6.75. The zero-order valence-electron chi connectivity index (χ0n) is 11.8. The fourth-order valence-corrected chi connectivity index (χ4v) is 2.89. The van der Waals surface area contributed by atoms with Crippen LogP contribution in [-0.4, -0.2) is 22.6 Å². The van der Waals surface area contributed by atoms with E-state index in [-0.39, 0.29) is 5.97 Å². The van der Waals surface area contributed by atoms with Gasteiger partial charge in [-0.25, -0.2) is 9.78 Å². The lowest BCUT2D eigenvalue weighted by atomic mass is 10.1. The van der Waals surface area contributed by atoms with Crippen LogP contribution in [0.4, 0.5) is 0 Å². The summed E-state index contributed by atoms with van der Waals surface area (Å²) in [6.45, 7) is 1.29.